The first-order valence-electron chi connectivity index (χ1n) is 15.4. The predicted octanol–water partition coefficient (Wildman–Crippen LogP) is 4.11. The third kappa shape index (κ3) is 6.45. The Morgan fingerprint density at radius 2 is 1.26 bits per heavy atom. The van der Waals surface area contributed by atoms with E-state index in [-0.39, 0.29) is 35.6 Å². The Kier molecular flexibility index (Phi) is 10.9. The zero-order valence-electron chi connectivity index (χ0n) is 27.7. The molecule has 0 amide bonds. The monoisotopic (exact) mass is 761 g/mol. The van der Waals surface area contributed by atoms with Crippen molar-refractivity contribution in [2.75, 3.05) is 0 Å². The molecule has 0 radical (unpaired) electrons. The van der Waals surface area contributed by atoms with E-state index in [4.69, 9.17) is 23.2 Å². The van der Waals surface area contributed by atoms with Crippen molar-refractivity contribution in [1.29, 1.82) is 0 Å². The maximum atomic E-state index is 6.47. The maximum absolute atomic E-state index is 6.47. The van der Waals surface area contributed by atoms with Crippen LogP contribution in [0, 0.1) is 24.3 Å². The van der Waals surface area contributed by atoms with Crippen LogP contribution in [-0.4, -0.2) is 0 Å². The minimum absolute atomic E-state index is 0. The summed E-state index contributed by atoms with van der Waals surface area (Å²) in [5.74, 6) is 0. The molecule has 5 heteroatoms. The van der Waals surface area contributed by atoms with Gasteiger partial charge in [0, 0.05) is 0 Å². The van der Waals surface area contributed by atoms with E-state index >= 15 is 0 Å². The second-order valence-corrected chi connectivity index (χ2v) is 16.4. The van der Waals surface area contributed by atoms with Crippen LogP contribution >= 0.6 is 23.2 Å². The third-order valence-electron chi connectivity index (χ3n) is 9.07. The Morgan fingerprint density at radius 1 is 0.717 bits per heavy atom. The van der Waals surface area contributed by atoms with Gasteiger partial charge < -0.3 is 24.8 Å². The topological polar surface area (TPSA) is 0 Å². The number of benzene rings is 4. The van der Waals surface area contributed by atoms with Crippen molar-refractivity contribution in [1.82, 2.24) is 0 Å². The fraction of sp³-hybridized carbons (Fsp3) is 0.268. The summed E-state index contributed by atoms with van der Waals surface area (Å²) >= 11 is 14.4. The number of halogens is 4. The summed E-state index contributed by atoms with van der Waals surface area (Å²) in [5.41, 5.74) is 13.2. The van der Waals surface area contributed by atoms with Gasteiger partial charge in [0.1, 0.15) is 0 Å². The van der Waals surface area contributed by atoms with E-state index in [1.807, 2.05) is 24.3 Å². The second-order valence-electron chi connectivity index (χ2n) is 14.3. The third-order valence-corrected chi connectivity index (χ3v) is 10.8. The number of hydrogen-bond acceptors (Lipinski definition) is 0. The standard InChI is InChI=1S/C41H39Cl2.2ClH.Zr/c1-24-21-29-22-33-35(26-11-9-10-12-26)25(2)39(41(6,7)8)38(37(33)32(29)23-34(24)40(3,4)5)36(27-13-17-30(42)18-14-27)28-15-19-31(43)20-16-28;;;/h9-11,13-21,23H,12H2,1-8H3;2*1H;/q;;;+2/p-2. The second kappa shape index (κ2) is 13.6. The number of fused-ring (bicyclic) bond motifs is 2. The van der Waals surface area contributed by atoms with Crippen LogP contribution in [0.3, 0.4) is 0 Å². The zero-order chi connectivity index (χ0) is 31.7. The minimum atomic E-state index is -0.124. The van der Waals surface area contributed by atoms with Gasteiger partial charge in [0.2, 0.25) is 0 Å². The summed E-state index contributed by atoms with van der Waals surface area (Å²) in [7, 11) is 0. The summed E-state index contributed by atoms with van der Waals surface area (Å²) in [5, 5.41) is 6.91. The molecule has 0 unspecified atom stereocenters. The van der Waals surface area contributed by atoms with Crippen LogP contribution < -0.4 is 35.3 Å². The molecule has 0 bridgehead atoms. The largest absolute Gasteiger partial charge is 1.00 e. The molecule has 0 fully saturated rings. The Bertz CT molecular complexity index is 2070. The molecule has 0 nitrogen and oxygen atoms in total. The molecule has 0 aromatic heterocycles. The summed E-state index contributed by atoms with van der Waals surface area (Å²) < 4.78 is 1.45. The molecule has 4 aromatic carbocycles. The molecular weight excluding hydrogens is 725 g/mol. The van der Waals surface area contributed by atoms with Crippen LogP contribution in [0.4, 0.5) is 0 Å². The van der Waals surface area contributed by atoms with Gasteiger partial charge in [0.15, 0.2) is 0 Å². The van der Waals surface area contributed by atoms with Crippen molar-refractivity contribution >= 4 is 37.6 Å². The van der Waals surface area contributed by atoms with E-state index in [2.05, 4.69) is 110 Å². The van der Waals surface area contributed by atoms with Gasteiger partial charge in [-0.15, -0.1) is 0 Å². The Labute approximate surface area is 311 Å². The van der Waals surface area contributed by atoms with Crippen molar-refractivity contribution in [2.24, 2.45) is 0 Å². The summed E-state index contributed by atoms with van der Waals surface area (Å²) in [6, 6.07) is 21.7. The van der Waals surface area contributed by atoms with E-state index in [0.29, 0.717) is 0 Å². The molecule has 0 atom stereocenters. The Balaban J connectivity index is 0.00000240. The fourth-order valence-corrected chi connectivity index (χ4v) is 8.74. The molecule has 6 rings (SSSR count). The SMILES string of the molecule is Cc1cc2c(cc1C(C)(C)C)=c1c(c(C3=CC=CC3)c(C)c(C(C)(C)C)c1=C(c1ccc(Cl)cc1)c1ccc(Cl)cc1)[C]=2[Zr+2].[Cl-].[Cl-]. The quantitative estimate of drug-likeness (QED) is 0.295. The Morgan fingerprint density at radius 3 is 1.72 bits per heavy atom. The average molecular weight is 765 g/mol. The molecule has 0 heterocycles. The van der Waals surface area contributed by atoms with Gasteiger partial charge in [-0.1, -0.05) is 0 Å². The predicted molar refractivity (Wildman–Crippen MR) is 185 cm³/mol. The van der Waals surface area contributed by atoms with Crippen molar-refractivity contribution in [3.63, 3.8) is 0 Å². The van der Waals surface area contributed by atoms with Crippen LogP contribution in [0.2, 0.25) is 10.0 Å². The van der Waals surface area contributed by atoms with Gasteiger partial charge in [-0.3, -0.25) is 0 Å². The van der Waals surface area contributed by atoms with Crippen molar-refractivity contribution < 1.29 is 49.5 Å². The maximum Gasteiger partial charge on any atom is -1.00 e. The molecule has 46 heavy (non-hydrogen) atoms. The number of aryl methyl sites for hydroxylation is 1. The number of allylic oxidation sites excluding steroid dienone is 4. The first kappa shape index (κ1) is 37.0. The molecule has 0 saturated carbocycles. The average Bonchev–Trinajstić information content (AvgIpc) is 3.56. The van der Waals surface area contributed by atoms with Crippen LogP contribution in [0.5, 0.6) is 0 Å². The van der Waals surface area contributed by atoms with Crippen molar-refractivity contribution in [3.05, 3.63) is 154 Å². The summed E-state index contributed by atoms with van der Waals surface area (Å²) in [6.07, 6.45) is 7.80. The van der Waals surface area contributed by atoms with Crippen molar-refractivity contribution in [3.8, 4) is 0 Å². The first-order valence-corrected chi connectivity index (χ1v) is 17.4. The zero-order valence-corrected chi connectivity index (χ0v) is 33.2. The van der Waals surface area contributed by atoms with Gasteiger partial charge in [0.05, 0.1) is 0 Å². The van der Waals surface area contributed by atoms with Gasteiger partial charge in [0.25, 0.3) is 0 Å². The van der Waals surface area contributed by atoms with E-state index in [0.717, 1.165) is 27.6 Å². The minimum Gasteiger partial charge on any atom is -1.00 e. The van der Waals surface area contributed by atoms with Gasteiger partial charge in [-0.2, -0.15) is 0 Å². The summed E-state index contributed by atoms with van der Waals surface area (Å²) in [4.78, 5) is 0. The van der Waals surface area contributed by atoms with Crippen molar-refractivity contribution in [2.45, 2.75) is 72.6 Å². The molecule has 4 aromatic rings. The van der Waals surface area contributed by atoms with Gasteiger partial charge >= 0.3 is 289 Å². The molecular formula is C41H39Cl4Zr. The number of hydrogen-bond donors (Lipinski definition) is 0. The molecule has 0 aliphatic heterocycles. The van der Waals surface area contributed by atoms with Gasteiger partial charge in [-0.05, 0) is 0 Å². The van der Waals surface area contributed by atoms with E-state index < -0.39 is 0 Å². The molecule has 0 saturated heterocycles. The molecule has 0 N–H and O–H groups in total. The van der Waals surface area contributed by atoms with E-state index in [1.54, 1.807) is 0 Å². The van der Waals surface area contributed by atoms with Gasteiger partial charge in [-0.25, -0.2) is 0 Å². The fourth-order valence-electron chi connectivity index (χ4n) is 7.37. The van der Waals surface area contributed by atoms with E-state index in [9.17, 15) is 0 Å². The molecule has 2 aliphatic carbocycles. The first-order chi connectivity index (χ1) is 20.7. The van der Waals surface area contributed by atoms with Crippen LogP contribution in [0.1, 0.15) is 92.5 Å². The number of rotatable bonds is 3. The van der Waals surface area contributed by atoms with E-state index in [1.165, 1.54) is 93.4 Å². The Hall–Kier alpha value is -1.86. The molecule has 235 valence electrons. The molecule has 0 spiro atoms. The summed E-state index contributed by atoms with van der Waals surface area (Å²) in [6.45, 7) is 18.7. The van der Waals surface area contributed by atoms with Crippen LogP contribution in [0.25, 0.3) is 14.4 Å². The normalized spacial score (nSPS) is 13.6. The smallest absolute Gasteiger partial charge is 1.00 e. The molecule has 2 aliphatic rings. The van der Waals surface area contributed by atoms with Crippen LogP contribution in [-0.2, 0) is 35.5 Å². The van der Waals surface area contributed by atoms with Crippen LogP contribution in [0.15, 0.2) is 78.9 Å².